The van der Waals surface area contributed by atoms with E-state index in [0.717, 1.165) is 5.01 Å². The number of nitrogens with zero attached hydrogens (tertiary/aromatic N) is 1. The molecule has 5 heteroatoms. The highest BCUT2D eigenvalue weighted by Gasteiger charge is 2.08. The van der Waals surface area contributed by atoms with Gasteiger partial charge in [0.05, 0.1) is 5.01 Å². The number of amides is 1. The van der Waals surface area contributed by atoms with E-state index in [4.69, 9.17) is 11.6 Å². The maximum absolute atomic E-state index is 10.8. The van der Waals surface area contributed by atoms with Gasteiger partial charge < -0.3 is 5.32 Å². The summed E-state index contributed by atoms with van der Waals surface area (Å²) in [5.74, 6) is 0.141. The van der Waals surface area contributed by atoms with Crippen molar-refractivity contribution in [2.45, 2.75) is 12.8 Å². The maximum atomic E-state index is 10.8. The van der Waals surface area contributed by atoms with Gasteiger partial charge in [-0.3, -0.25) is 4.79 Å². The van der Waals surface area contributed by atoms with Crippen molar-refractivity contribution in [2.75, 3.05) is 12.4 Å². The van der Waals surface area contributed by atoms with Crippen molar-refractivity contribution in [1.82, 2.24) is 10.3 Å². The standard InChI is InChI=1S/C8H11ClN2OS/c1-6(5-11-7(12)4-9)8-10-2-3-13-8/h2-3,6H,4-5H2,1H3,(H,11,12). The van der Waals surface area contributed by atoms with E-state index in [9.17, 15) is 4.79 Å². The number of hydrogen-bond donors (Lipinski definition) is 1. The lowest BCUT2D eigenvalue weighted by Gasteiger charge is -2.08. The Morgan fingerprint density at radius 2 is 2.62 bits per heavy atom. The fourth-order valence-electron chi connectivity index (χ4n) is 0.879. The van der Waals surface area contributed by atoms with Gasteiger partial charge in [0.25, 0.3) is 0 Å². The lowest BCUT2D eigenvalue weighted by Crippen LogP contribution is -2.28. The molecule has 1 heterocycles. The molecule has 0 saturated heterocycles. The Balaban J connectivity index is 2.34. The second-order valence-electron chi connectivity index (χ2n) is 2.71. The Morgan fingerprint density at radius 3 is 3.15 bits per heavy atom. The molecular formula is C8H11ClN2OS. The van der Waals surface area contributed by atoms with Crippen LogP contribution in [0.5, 0.6) is 0 Å². The first kappa shape index (κ1) is 10.5. The van der Waals surface area contributed by atoms with Crippen LogP contribution in [0, 0.1) is 0 Å². The first-order valence-electron chi connectivity index (χ1n) is 3.96. The largest absolute Gasteiger partial charge is 0.354 e. The minimum atomic E-state index is -0.134. The van der Waals surface area contributed by atoms with E-state index in [1.165, 1.54) is 0 Å². The quantitative estimate of drug-likeness (QED) is 0.781. The molecule has 1 aromatic heterocycles. The van der Waals surface area contributed by atoms with Gasteiger partial charge in [-0.2, -0.15) is 0 Å². The summed E-state index contributed by atoms with van der Waals surface area (Å²) in [6.45, 7) is 2.62. The summed E-state index contributed by atoms with van der Waals surface area (Å²) >= 11 is 6.93. The number of alkyl halides is 1. The number of hydrogen-bond acceptors (Lipinski definition) is 3. The molecule has 1 unspecified atom stereocenters. The third-order valence-corrected chi connectivity index (χ3v) is 2.85. The van der Waals surface area contributed by atoms with Crippen molar-refractivity contribution in [3.63, 3.8) is 0 Å². The molecule has 1 rings (SSSR count). The average Bonchev–Trinajstić information content (AvgIpc) is 2.66. The third kappa shape index (κ3) is 3.32. The fourth-order valence-corrected chi connectivity index (χ4v) is 1.67. The van der Waals surface area contributed by atoms with Crippen molar-refractivity contribution in [3.05, 3.63) is 16.6 Å². The molecular weight excluding hydrogens is 208 g/mol. The number of halogens is 1. The molecule has 1 aromatic rings. The van der Waals surface area contributed by atoms with Crippen molar-refractivity contribution >= 4 is 28.8 Å². The van der Waals surface area contributed by atoms with E-state index in [-0.39, 0.29) is 17.7 Å². The SMILES string of the molecule is CC(CNC(=O)CCl)c1nccs1. The van der Waals surface area contributed by atoms with Crippen molar-refractivity contribution in [3.8, 4) is 0 Å². The molecule has 72 valence electrons. The molecule has 0 aliphatic heterocycles. The van der Waals surface area contributed by atoms with Crippen LogP contribution >= 0.6 is 22.9 Å². The number of aromatic nitrogens is 1. The summed E-state index contributed by atoms with van der Waals surface area (Å²) in [6, 6.07) is 0. The number of carbonyl (C=O) groups is 1. The van der Waals surface area contributed by atoms with Crippen LogP contribution in [-0.4, -0.2) is 23.3 Å². The van der Waals surface area contributed by atoms with Gasteiger partial charge in [-0.05, 0) is 0 Å². The van der Waals surface area contributed by atoms with Gasteiger partial charge >= 0.3 is 0 Å². The topological polar surface area (TPSA) is 42.0 Å². The number of rotatable bonds is 4. The second-order valence-corrected chi connectivity index (χ2v) is 3.90. The predicted molar refractivity (Wildman–Crippen MR) is 54.3 cm³/mol. The number of thiazole rings is 1. The van der Waals surface area contributed by atoms with Crippen LogP contribution in [0.1, 0.15) is 17.8 Å². The summed E-state index contributed by atoms with van der Waals surface area (Å²) in [5, 5.41) is 5.68. The van der Waals surface area contributed by atoms with Crippen molar-refractivity contribution in [1.29, 1.82) is 0 Å². The van der Waals surface area contributed by atoms with Crippen LogP contribution in [0.4, 0.5) is 0 Å². The Bertz CT molecular complexity index is 263. The molecule has 1 amide bonds. The molecule has 0 spiro atoms. The second kappa shape index (κ2) is 5.19. The van der Waals surface area contributed by atoms with E-state index in [1.807, 2.05) is 12.3 Å². The van der Waals surface area contributed by atoms with Crippen LogP contribution in [0.25, 0.3) is 0 Å². The van der Waals surface area contributed by atoms with Crippen LogP contribution in [0.2, 0.25) is 0 Å². The van der Waals surface area contributed by atoms with E-state index < -0.39 is 0 Å². The Morgan fingerprint density at radius 1 is 1.85 bits per heavy atom. The molecule has 3 nitrogen and oxygen atoms in total. The Hall–Kier alpha value is -0.610. The van der Waals surface area contributed by atoms with Crippen molar-refractivity contribution < 1.29 is 4.79 Å². The molecule has 0 saturated carbocycles. The van der Waals surface area contributed by atoms with E-state index in [2.05, 4.69) is 10.3 Å². The summed E-state index contributed by atoms with van der Waals surface area (Å²) in [6.07, 6.45) is 1.76. The molecule has 0 fully saturated rings. The van der Waals surface area contributed by atoms with Gasteiger partial charge in [0.1, 0.15) is 5.88 Å². The first-order chi connectivity index (χ1) is 6.24. The van der Waals surface area contributed by atoms with Crippen LogP contribution in [-0.2, 0) is 4.79 Å². The van der Waals surface area contributed by atoms with Crippen LogP contribution in [0.3, 0.4) is 0 Å². The van der Waals surface area contributed by atoms with Gasteiger partial charge in [-0.25, -0.2) is 4.98 Å². The monoisotopic (exact) mass is 218 g/mol. The lowest BCUT2D eigenvalue weighted by atomic mass is 10.2. The highest BCUT2D eigenvalue weighted by atomic mass is 35.5. The zero-order chi connectivity index (χ0) is 9.68. The summed E-state index contributed by atoms with van der Waals surface area (Å²) in [5.41, 5.74) is 0. The van der Waals surface area contributed by atoms with Crippen LogP contribution in [0.15, 0.2) is 11.6 Å². The van der Waals surface area contributed by atoms with Crippen LogP contribution < -0.4 is 5.32 Å². The minimum Gasteiger partial charge on any atom is -0.354 e. The van der Waals surface area contributed by atoms with E-state index in [0.29, 0.717) is 6.54 Å². The highest BCUT2D eigenvalue weighted by molar-refractivity contribution is 7.09. The van der Waals surface area contributed by atoms with E-state index in [1.54, 1.807) is 17.5 Å². The third-order valence-electron chi connectivity index (χ3n) is 1.60. The summed E-state index contributed by atoms with van der Waals surface area (Å²) < 4.78 is 0. The van der Waals surface area contributed by atoms with Gasteiger partial charge in [0, 0.05) is 24.0 Å². The molecule has 13 heavy (non-hydrogen) atoms. The molecule has 0 bridgehead atoms. The molecule has 0 aliphatic carbocycles. The van der Waals surface area contributed by atoms with Gasteiger partial charge in [0.15, 0.2) is 0 Å². The minimum absolute atomic E-state index is 0.0184. The average molecular weight is 219 g/mol. The predicted octanol–water partition coefficient (Wildman–Crippen LogP) is 1.60. The Kier molecular flexibility index (Phi) is 4.18. The lowest BCUT2D eigenvalue weighted by molar-refractivity contribution is -0.118. The van der Waals surface area contributed by atoms with Crippen molar-refractivity contribution in [2.24, 2.45) is 0 Å². The fraction of sp³-hybridized carbons (Fsp3) is 0.500. The van der Waals surface area contributed by atoms with Gasteiger partial charge in [0.2, 0.25) is 5.91 Å². The molecule has 0 aromatic carbocycles. The molecule has 0 radical (unpaired) electrons. The number of nitrogens with one attached hydrogen (secondary N) is 1. The normalized spacial score (nSPS) is 12.5. The summed E-state index contributed by atoms with van der Waals surface area (Å²) in [7, 11) is 0. The first-order valence-corrected chi connectivity index (χ1v) is 5.37. The smallest absolute Gasteiger partial charge is 0.234 e. The molecule has 1 atom stereocenters. The van der Waals surface area contributed by atoms with Gasteiger partial charge in [-0.1, -0.05) is 6.92 Å². The highest BCUT2D eigenvalue weighted by Crippen LogP contribution is 2.16. The zero-order valence-corrected chi connectivity index (χ0v) is 8.86. The molecule has 1 N–H and O–H groups in total. The van der Waals surface area contributed by atoms with Gasteiger partial charge in [-0.15, -0.1) is 22.9 Å². The Labute approximate surface area is 86.1 Å². The summed E-state index contributed by atoms with van der Waals surface area (Å²) in [4.78, 5) is 15.0. The molecule has 0 aliphatic rings. The zero-order valence-electron chi connectivity index (χ0n) is 7.29. The number of carbonyl (C=O) groups excluding carboxylic acids is 1. The maximum Gasteiger partial charge on any atom is 0.234 e. The van der Waals surface area contributed by atoms with E-state index >= 15 is 0 Å².